The molecule has 2 heterocycles. The number of rotatable bonds is 6. The first-order valence-corrected chi connectivity index (χ1v) is 10.3. The molecule has 0 atom stereocenters. The molecule has 3 aromatic rings. The van der Waals surface area contributed by atoms with E-state index >= 15 is 0 Å². The van der Waals surface area contributed by atoms with Crippen LogP contribution in [0, 0.1) is 0 Å². The standard InChI is InChI=1S/C22H24N4OS/c23-16-18-3-7-20(8-4-18)28-22-9-10-24-21(25-22)15-17-1-5-19(6-2-17)26-11-13-27-14-12-26/h1-10H,11-16,23H2. The smallest absolute Gasteiger partial charge is 0.133 e. The minimum Gasteiger partial charge on any atom is -0.378 e. The molecule has 28 heavy (non-hydrogen) atoms. The minimum atomic E-state index is 0.562. The summed E-state index contributed by atoms with van der Waals surface area (Å²) in [6, 6.07) is 18.9. The van der Waals surface area contributed by atoms with E-state index in [2.05, 4.69) is 58.4 Å². The van der Waals surface area contributed by atoms with Gasteiger partial charge in [0.1, 0.15) is 10.9 Å². The predicted octanol–water partition coefficient (Wildman–Crippen LogP) is 3.51. The van der Waals surface area contributed by atoms with Gasteiger partial charge >= 0.3 is 0 Å². The Balaban J connectivity index is 1.41. The number of ether oxygens (including phenoxy) is 1. The van der Waals surface area contributed by atoms with Crippen molar-refractivity contribution >= 4 is 17.4 Å². The molecule has 2 aromatic carbocycles. The van der Waals surface area contributed by atoms with Crippen LogP contribution in [0.15, 0.2) is 70.7 Å². The molecule has 4 rings (SSSR count). The third kappa shape index (κ3) is 4.90. The van der Waals surface area contributed by atoms with Gasteiger partial charge in [0.2, 0.25) is 0 Å². The maximum absolute atomic E-state index is 5.66. The van der Waals surface area contributed by atoms with Crippen LogP contribution in [0.5, 0.6) is 0 Å². The average Bonchev–Trinajstić information content (AvgIpc) is 2.76. The highest BCUT2D eigenvalue weighted by Crippen LogP contribution is 2.26. The summed E-state index contributed by atoms with van der Waals surface area (Å²) in [5.41, 5.74) is 9.26. The van der Waals surface area contributed by atoms with Gasteiger partial charge in [0.25, 0.3) is 0 Å². The fraction of sp³-hybridized carbons (Fsp3) is 0.273. The van der Waals surface area contributed by atoms with Gasteiger partial charge in [-0.2, -0.15) is 0 Å². The maximum Gasteiger partial charge on any atom is 0.133 e. The quantitative estimate of drug-likeness (QED) is 0.648. The number of aromatic nitrogens is 2. The molecule has 2 N–H and O–H groups in total. The largest absolute Gasteiger partial charge is 0.378 e. The van der Waals surface area contributed by atoms with Crippen LogP contribution in [0.25, 0.3) is 0 Å². The molecule has 0 unspecified atom stereocenters. The van der Waals surface area contributed by atoms with E-state index in [9.17, 15) is 0 Å². The molecular formula is C22H24N4OS. The molecule has 1 saturated heterocycles. The van der Waals surface area contributed by atoms with Crippen molar-refractivity contribution < 1.29 is 4.74 Å². The second-order valence-corrected chi connectivity index (χ2v) is 7.80. The Morgan fingerprint density at radius 1 is 0.929 bits per heavy atom. The molecule has 1 aliphatic rings. The Morgan fingerprint density at radius 2 is 1.64 bits per heavy atom. The first-order valence-electron chi connectivity index (χ1n) is 9.50. The number of hydrogen-bond acceptors (Lipinski definition) is 6. The van der Waals surface area contributed by atoms with E-state index in [1.54, 1.807) is 11.8 Å². The van der Waals surface area contributed by atoms with Crippen LogP contribution in [0.1, 0.15) is 17.0 Å². The third-order valence-electron chi connectivity index (χ3n) is 4.74. The summed E-state index contributed by atoms with van der Waals surface area (Å²) in [5, 5.41) is 0.954. The summed E-state index contributed by atoms with van der Waals surface area (Å²) >= 11 is 1.64. The van der Waals surface area contributed by atoms with Gasteiger partial charge in [0.05, 0.1) is 13.2 Å². The zero-order valence-electron chi connectivity index (χ0n) is 15.8. The van der Waals surface area contributed by atoms with Gasteiger partial charge in [-0.05, 0) is 41.5 Å². The van der Waals surface area contributed by atoms with Crippen molar-refractivity contribution in [3.05, 3.63) is 77.7 Å². The van der Waals surface area contributed by atoms with E-state index < -0.39 is 0 Å². The number of nitrogens with zero attached hydrogens (tertiary/aromatic N) is 3. The number of nitrogens with two attached hydrogens (primary N) is 1. The number of anilines is 1. The molecule has 0 radical (unpaired) electrons. The number of hydrogen-bond donors (Lipinski definition) is 1. The summed E-state index contributed by atoms with van der Waals surface area (Å²) in [4.78, 5) is 12.7. The molecule has 1 aromatic heterocycles. The molecule has 5 nitrogen and oxygen atoms in total. The molecule has 6 heteroatoms. The van der Waals surface area contributed by atoms with E-state index in [4.69, 9.17) is 15.5 Å². The Hall–Kier alpha value is -2.41. The fourth-order valence-electron chi connectivity index (χ4n) is 3.17. The normalized spacial score (nSPS) is 14.2. The van der Waals surface area contributed by atoms with Crippen molar-refractivity contribution in [2.45, 2.75) is 22.9 Å². The summed E-state index contributed by atoms with van der Waals surface area (Å²) in [5.74, 6) is 0.836. The molecule has 1 aliphatic heterocycles. The van der Waals surface area contributed by atoms with Gasteiger partial charge in [-0.3, -0.25) is 0 Å². The number of morpholine rings is 1. The average molecular weight is 393 g/mol. The fourth-order valence-corrected chi connectivity index (χ4v) is 3.96. The SMILES string of the molecule is NCc1ccc(Sc2ccnc(Cc3ccc(N4CCOCC4)cc3)n2)cc1. The lowest BCUT2D eigenvalue weighted by Gasteiger charge is -2.28. The summed E-state index contributed by atoms with van der Waals surface area (Å²) in [6.07, 6.45) is 2.56. The molecule has 0 aliphatic carbocycles. The first kappa shape index (κ1) is 18.9. The van der Waals surface area contributed by atoms with E-state index in [1.165, 1.54) is 11.3 Å². The van der Waals surface area contributed by atoms with Gasteiger partial charge in [-0.25, -0.2) is 9.97 Å². The van der Waals surface area contributed by atoms with Gasteiger partial charge in [0.15, 0.2) is 0 Å². The summed E-state index contributed by atoms with van der Waals surface area (Å²) < 4.78 is 5.42. The minimum absolute atomic E-state index is 0.562. The molecular weight excluding hydrogens is 368 g/mol. The van der Waals surface area contributed by atoms with E-state index in [-0.39, 0.29) is 0 Å². The van der Waals surface area contributed by atoms with Gasteiger partial charge in [-0.15, -0.1) is 0 Å². The van der Waals surface area contributed by atoms with Gasteiger partial charge < -0.3 is 15.4 Å². The van der Waals surface area contributed by atoms with Crippen molar-refractivity contribution in [2.24, 2.45) is 5.73 Å². The van der Waals surface area contributed by atoms with E-state index in [0.717, 1.165) is 54.0 Å². The zero-order chi connectivity index (χ0) is 19.2. The van der Waals surface area contributed by atoms with E-state index in [0.29, 0.717) is 6.54 Å². The van der Waals surface area contributed by atoms with Crippen LogP contribution in [-0.2, 0) is 17.7 Å². The number of benzene rings is 2. The van der Waals surface area contributed by atoms with E-state index in [1.807, 2.05) is 12.3 Å². The topological polar surface area (TPSA) is 64.3 Å². The Bertz CT molecular complexity index is 893. The maximum atomic E-state index is 5.66. The van der Waals surface area contributed by atoms with Crippen molar-refractivity contribution in [1.82, 2.24) is 9.97 Å². The van der Waals surface area contributed by atoms with Crippen LogP contribution in [0.4, 0.5) is 5.69 Å². The second-order valence-electron chi connectivity index (χ2n) is 6.70. The van der Waals surface area contributed by atoms with Crippen molar-refractivity contribution in [3.63, 3.8) is 0 Å². The third-order valence-corrected chi connectivity index (χ3v) is 5.68. The molecule has 1 fully saturated rings. The van der Waals surface area contributed by atoms with Crippen LogP contribution >= 0.6 is 11.8 Å². The van der Waals surface area contributed by atoms with Crippen LogP contribution in [0.2, 0.25) is 0 Å². The van der Waals surface area contributed by atoms with Crippen molar-refractivity contribution in [1.29, 1.82) is 0 Å². The van der Waals surface area contributed by atoms with Crippen molar-refractivity contribution in [3.8, 4) is 0 Å². The highest BCUT2D eigenvalue weighted by Gasteiger charge is 2.11. The lowest BCUT2D eigenvalue weighted by Crippen LogP contribution is -2.36. The summed E-state index contributed by atoms with van der Waals surface area (Å²) in [6.45, 7) is 4.07. The molecule has 0 bridgehead atoms. The lowest BCUT2D eigenvalue weighted by molar-refractivity contribution is 0.122. The lowest BCUT2D eigenvalue weighted by atomic mass is 10.1. The highest BCUT2D eigenvalue weighted by atomic mass is 32.2. The molecule has 0 amide bonds. The Kier molecular flexibility index (Phi) is 6.21. The van der Waals surface area contributed by atoms with Crippen LogP contribution in [-0.4, -0.2) is 36.3 Å². The Labute approximate surface area is 170 Å². The molecule has 0 spiro atoms. The second kappa shape index (κ2) is 9.19. The molecule has 144 valence electrons. The van der Waals surface area contributed by atoms with Crippen molar-refractivity contribution in [2.75, 3.05) is 31.2 Å². The molecule has 0 saturated carbocycles. The van der Waals surface area contributed by atoms with Crippen LogP contribution in [0.3, 0.4) is 0 Å². The highest BCUT2D eigenvalue weighted by molar-refractivity contribution is 7.99. The van der Waals surface area contributed by atoms with Gasteiger partial charge in [0, 0.05) is 42.8 Å². The summed E-state index contributed by atoms with van der Waals surface area (Å²) in [7, 11) is 0. The van der Waals surface area contributed by atoms with Gasteiger partial charge in [-0.1, -0.05) is 36.0 Å². The predicted molar refractivity (Wildman–Crippen MR) is 113 cm³/mol. The van der Waals surface area contributed by atoms with Crippen LogP contribution < -0.4 is 10.6 Å². The first-order chi connectivity index (χ1) is 13.8. The zero-order valence-corrected chi connectivity index (χ0v) is 16.6. The Morgan fingerprint density at radius 3 is 2.36 bits per heavy atom. The monoisotopic (exact) mass is 392 g/mol.